The van der Waals surface area contributed by atoms with Gasteiger partial charge < -0.3 is 9.30 Å². The zero-order valence-corrected chi connectivity index (χ0v) is 15.7. The second kappa shape index (κ2) is 5.92. The first-order valence-corrected chi connectivity index (χ1v) is 8.76. The lowest BCUT2D eigenvalue weighted by Crippen LogP contribution is -2.40. The SMILES string of the molecule is CCn1c(I)nc2c(O[C@H]3CCN(C(C)(C)C)C3)ncnc21. The molecule has 2 aromatic heterocycles. The van der Waals surface area contributed by atoms with Crippen molar-refractivity contribution in [2.24, 2.45) is 0 Å². The van der Waals surface area contributed by atoms with Crippen LogP contribution in [0.2, 0.25) is 0 Å². The Morgan fingerprint density at radius 2 is 2.14 bits per heavy atom. The Hall–Kier alpha value is -0.960. The van der Waals surface area contributed by atoms with Gasteiger partial charge in [0.2, 0.25) is 5.88 Å². The van der Waals surface area contributed by atoms with Crippen LogP contribution in [0.25, 0.3) is 11.2 Å². The average molecular weight is 415 g/mol. The van der Waals surface area contributed by atoms with Gasteiger partial charge in [0, 0.05) is 47.8 Å². The van der Waals surface area contributed by atoms with E-state index < -0.39 is 0 Å². The summed E-state index contributed by atoms with van der Waals surface area (Å²) in [6.45, 7) is 11.6. The lowest BCUT2D eigenvalue weighted by Gasteiger charge is -2.31. The van der Waals surface area contributed by atoms with Crippen LogP contribution >= 0.6 is 22.6 Å². The highest BCUT2D eigenvalue weighted by Gasteiger charge is 2.32. The van der Waals surface area contributed by atoms with Crippen molar-refractivity contribution < 1.29 is 4.74 Å². The second-order valence-electron chi connectivity index (χ2n) is 6.62. The first-order chi connectivity index (χ1) is 10.4. The van der Waals surface area contributed by atoms with Crippen molar-refractivity contribution in [2.75, 3.05) is 13.1 Å². The maximum Gasteiger partial charge on any atom is 0.245 e. The summed E-state index contributed by atoms with van der Waals surface area (Å²) in [7, 11) is 0. The van der Waals surface area contributed by atoms with Crippen molar-refractivity contribution in [3.05, 3.63) is 10.2 Å². The molecule has 22 heavy (non-hydrogen) atoms. The lowest BCUT2D eigenvalue weighted by molar-refractivity contribution is 0.139. The van der Waals surface area contributed by atoms with E-state index in [0.717, 1.165) is 41.1 Å². The predicted molar refractivity (Wildman–Crippen MR) is 94.1 cm³/mol. The van der Waals surface area contributed by atoms with E-state index in [2.05, 4.69) is 74.7 Å². The minimum absolute atomic E-state index is 0.168. The Morgan fingerprint density at radius 1 is 1.36 bits per heavy atom. The van der Waals surface area contributed by atoms with Crippen LogP contribution in [0.5, 0.6) is 5.88 Å². The molecule has 120 valence electrons. The Kier molecular flexibility index (Phi) is 4.28. The Morgan fingerprint density at radius 3 is 2.77 bits per heavy atom. The molecule has 0 saturated carbocycles. The van der Waals surface area contributed by atoms with E-state index >= 15 is 0 Å². The zero-order chi connectivity index (χ0) is 15.9. The Bertz CT molecular complexity index is 678. The van der Waals surface area contributed by atoms with E-state index in [4.69, 9.17) is 4.74 Å². The maximum atomic E-state index is 6.15. The minimum Gasteiger partial charge on any atom is -0.471 e. The molecular formula is C15H22IN5O. The highest BCUT2D eigenvalue weighted by Crippen LogP contribution is 2.27. The molecule has 3 rings (SSSR count). The van der Waals surface area contributed by atoms with E-state index in [1.165, 1.54) is 0 Å². The van der Waals surface area contributed by atoms with Gasteiger partial charge in [-0.2, -0.15) is 4.98 Å². The molecule has 3 heterocycles. The van der Waals surface area contributed by atoms with Crippen molar-refractivity contribution in [1.82, 2.24) is 24.4 Å². The van der Waals surface area contributed by atoms with Crippen molar-refractivity contribution in [2.45, 2.75) is 52.3 Å². The number of hydrogen-bond acceptors (Lipinski definition) is 5. The van der Waals surface area contributed by atoms with Gasteiger partial charge in [-0.1, -0.05) is 0 Å². The standard InChI is InChI=1S/C15H22IN5O/c1-5-21-12-11(19-14(21)16)13(18-9-17-12)22-10-6-7-20(8-10)15(2,3)4/h9-10H,5-8H2,1-4H3/t10-/m0/s1. The fourth-order valence-electron chi connectivity index (χ4n) is 2.85. The molecule has 0 unspecified atom stereocenters. The third-order valence-corrected chi connectivity index (χ3v) is 4.96. The number of aryl methyl sites for hydroxylation is 1. The predicted octanol–water partition coefficient (Wildman–Crippen LogP) is 2.70. The van der Waals surface area contributed by atoms with Crippen LogP contribution in [-0.2, 0) is 6.54 Å². The number of halogens is 1. The van der Waals surface area contributed by atoms with Crippen molar-refractivity contribution in [3.8, 4) is 5.88 Å². The molecule has 2 aromatic rings. The van der Waals surface area contributed by atoms with Crippen molar-refractivity contribution >= 4 is 33.8 Å². The van der Waals surface area contributed by atoms with Crippen LogP contribution in [0.3, 0.4) is 0 Å². The number of nitrogens with zero attached hydrogens (tertiary/aromatic N) is 5. The molecule has 1 fully saturated rings. The highest BCUT2D eigenvalue weighted by molar-refractivity contribution is 14.1. The van der Waals surface area contributed by atoms with Gasteiger partial charge in [-0.15, -0.1) is 0 Å². The normalized spacial score (nSPS) is 20.0. The highest BCUT2D eigenvalue weighted by atomic mass is 127. The fraction of sp³-hybridized carbons (Fsp3) is 0.667. The van der Waals surface area contributed by atoms with Crippen molar-refractivity contribution in [1.29, 1.82) is 0 Å². The molecule has 0 amide bonds. The third-order valence-electron chi connectivity index (χ3n) is 4.14. The molecule has 1 saturated heterocycles. The van der Waals surface area contributed by atoms with Crippen LogP contribution in [0.4, 0.5) is 0 Å². The summed E-state index contributed by atoms with van der Waals surface area (Å²) in [5.41, 5.74) is 1.80. The summed E-state index contributed by atoms with van der Waals surface area (Å²) in [5.74, 6) is 0.607. The van der Waals surface area contributed by atoms with Gasteiger partial charge >= 0.3 is 0 Å². The Balaban J connectivity index is 1.83. The smallest absolute Gasteiger partial charge is 0.245 e. The van der Waals surface area contributed by atoms with Gasteiger partial charge in [-0.05, 0) is 34.1 Å². The van der Waals surface area contributed by atoms with Crippen LogP contribution < -0.4 is 4.74 Å². The summed E-state index contributed by atoms with van der Waals surface area (Å²) in [4.78, 5) is 15.7. The first kappa shape index (κ1) is 15.9. The van der Waals surface area contributed by atoms with E-state index in [0.29, 0.717) is 5.88 Å². The molecule has 6 nitrogen and oxygen atoms in total. The number of ether oxygens (including phenoxy) is 1. The van der Waals surface area contributed by atoms with Crippen LogP contribution in [0.15, 0.2) is 6.33 Å². The van der Waals surface area contributed by atoms with Gasteiger partial charge in [-0.25, -0.2) is 9.97 Å². The second-order valence-corrected chi connectivity index (χ2v) is 7.59. The number of hydrogen-bond donors (Lipinski definition) is 0. The number of rotatable bonds is 3. The van der Waals surface area contributed by atoms with Crippen LogP contribution in [0, 0.1) is 3.83 Å². The molecule has 0 bridgehead atoms. The molecule has 0 radical (unpaired) electrons. The molecule has 7 heteroatoms. The molecule has 0 aliphatic carbocycles. The van der Waals surface area contributed by atoms with E-state index in [1.54, 1.807) is 6.33 Å². The summed E-state index contributed by atoms with van der Waals surface area (Å²) in [5, 5.41) is 0. The van der Waals surface area contributed by atoms with Crippen molar-refractivity contribution in [3.63, 3.8) is 0 Å². The van der Waals surface area contributed by atoms with E-state index in [1.807, 2.05) is 0 Å². The van der Waals surface area contributed by atoms with E-state index in [9.17, 15) is 0 Å². The molecule has 0 aromatic carbocycles. The first-order valence-electron chi connectivity index (χ1n) is 7.68. The van der Waals surface area contributed by atoms with Gasteiger partial charge in [0.1, 0.15) is 12.4 Å². The van der Waals surface area contributed by atoms with Crippen LogP contribution in [-0.4, -0.2) is 49.2 Å². The fourth-order valence-corrected chi connectivity index (χ4v) is 3.66. The largest absolute Gasteiger partial charge is 0.471 e. The van der Waals surface area contributed by atoms with Gasteiger partial charge in [-0.3, -0.25) is 4.90 Å². The zero-order valence-electron chi connectivity index (χ0n) is 13.5. The Labute approximate surface area is 144 Å². The maximum absolute atomic E-state index is 6.15. The summed E-state index contributed by atoms with van der Waals surface area (Å²) >= 11 is 2.23. The summed E-state index contributed by atoms with van der Waals surface area (Å²) in [6.07, 6.45) is 2.76. The monoisotopic (exact) mass is 415 g/mol. The molecule has 0 spiro atoms. The molecular weight excluding hydrogens is 393 g/mol. The van der Waals surface area contributed by atoms with Gasteiger partial charge in [0.25, 0.3) is 0 Å². The number of fused-ring (bicyclic) bond motifs is 1. The van der Waals surface area contributed by atoms with Crippen LogP contribution in [0.1, 0.15) is 34.1 Å². The summed E-state index contributed by atoms with van der Waals surface area (Å²) < 4.78 is 9.14. The van der Waals surface area contributed by atoms with Gasteiger partial charge in [0.05, 0.1) is 0 Å². The minimum atomic E-state index is 0.168. The molecule has 0 N–H and O–H groups in total. The number of imidazole rings is 1. The third kappa shape index (κ3) is 2.92. The topological polar surface area (TPSA) is 56.1 Å². The molecule has 1 atom stereocenters. The quantitative estimate of drug-likeness (QED) is 0.570. The number of aromatic nitrogens is 4. The molecule has 1 aliphatic rings. The van der Waals surface area contributed by atoms with E-state index in [-0.39, 0.29) is 11.6 Å². The number of likely N-dealkylation sites (tertiary alicyclic amines) is 1. The lowest BCUT2D eigenvalue weighted by atomic mass is 10.1. The summed E-state index contributed by atoms with van der Waals surface area (Å²) in [6, 6.07) is 0. The van der Waals surface area contributed by atoms with Gasteiger partial charge in [0.15, 0.2) is 15.0 Å². The molecule has 1 aliphatic heterocycles. The average Bonchev–Trinajstić information content (AvgIpc) is 3.02.